The van der Waals surface area contributed by atoms with Crippen LogP contribution in [0.3, 0.4) is 0 Å². The van der Waals surface area contributed by atoms with E-state index in [9.17, 15) is 19.2 Å². The number of nitrogens with one attached hydrogen (secondary N) is 2. The van der Waals surface area contributed by atoms with Gasteiger partial charge in [0, 0.05) is 13.3 Å². The molecular formula is C17H17N3O6. The number of cyclic esters (lactones) is 1. The molecule has 0 spiro atoms. The SMILES string of the molecule is CCOC(=O)C1(NC(C)=O)CC(c2nc3ccccc3c(=O)[nH]2)OC1=O. The Kier molecular flexibility index (Phi) is 4.45. The molecule has 0 aliphatic carbocycles. The predicted molar refractivity (Wildman–Crippen MR) is 89.0 cm³/mol. The summed E-state index contributed by atoms with van der Waals surface area (Å²) in [6.07, 6.45) is -1.23. The highest BCUT2D eigenvalue weighted by Crippen LogP contribution is 2.35. The second-order valence-electron chi connectivity index (χ2n) is 5.87. The van der Waals surface area contributed by atoms with Crippen molar-refractivity contribution in [2.45, 2.75) is 31.9 Å². The number of amides is 1. The third-order valence-electron chi connectivity index (χ3n) is 4.04. The Morgan fingerprint density at radius 2 is 2.12 bits per heavy atom. The second kappa shape index (κ2) is 6.58. The van der Waals surface area contributed by atoms with Crippen LogP contribution in [0, 0.1) is 0 Å². The van der Waals surface area contributed by atoms with Crippen LogP contribution >= 0.6 is 0 Å². The number of benzene rings is 1. The molecule has 2 aromatic rings. The molecule has 2 heterocycles. The number of rotatable bonds is 4. The Morgan fingerprint density at radius 3 is 2.81 bits per heavy atom. The Hall–Kier alpha value is -3.23. The number of carbonyl (C=O) groups is 3. The maximum atomic E-state index is 12.4. The van der Waals surface area contributed by atoms with Crippen molar-refractivity contribution in [2.75, 3.05) is 6.61 Å². The van der Waals surface area contributed by atoms with Crippen LogP contribution in [0.25, 0.3) is 10.9 Å². The summed E-state index contributed by atoms with van der Waals surface area (Å²) >= 11 is 0. The topological polar surface area (TPSA) is 127 Å². The Balaban J connectivity index is 2.01. The van der Waals surface area contributed by atoms with Crippen LogP contribution in [0.1, 0.15) is 32.2 Å². The van der Waals surface area contributed by atoms with Gasteiger partial charge in [-0.15, -0.1) is 0 Å². The highest BCUT2D eigenvalue weighted by atomic mass is 16.6. The number of H-pyrrole nitrogens is 1. The number of aromatic nitrogens is 2. The van der Waals surface area contributed by atoms with Crippen molar-refractivity contribution in [3.8, 4) is 0 Å². The highest BCUT2D eigenvalue weighted by molar-refractivity contribution is 6.08. The summed E-state index contributed by atoms with van der Waals surface area (Å²) in [4.78, 5) is 55.4. The zero-order valence-electron chi connectivity index (χ0n) is 14.2. The van der Waals surface area contributed by atoms with E-state index in [4.69, 9.17) is 9.47 Å². The van der Waals surface area contributed by atoms with Crippen LogP contribution < -0.4 is 10.9 Å². The maximum absolute atomic E-state index is 12.4. The first-order valence-electron chi connectivity index (χ1n) is 8.03. The van der Waals surface area contributed by atoms with E-state index >= 15 is 0 Å². The molecule has 3 rings (SSSR count). The fourth-order valence-corrected chi connectivity index (χ4v) is 2.92. The van der Waals surface area contributed by atoms with Crippen LogP contribution in [0.15, 0.2) is 29.1 Å². The molecule has 2 atom stereocenters. The van der Waals surface area contributed by atoms with Crippen molar-refractivity contribution >= 4 is 28.7 Å². The van der Waals surface area contributed by atoms with Crippen molar-refractivity contribution in [3.05, 3.63) is 40.4 Å². The molecule has 2 unspecified atom stereocenters. The summed E-state index contributed by atoms with van der Waals surface area (Å²) in [5.41, 5.74) is -1.93. The Labute approximate surface area is 147 Å². The Morgan fingerprint density at radius 1 is 1.38 bits per heavy atom. The number of aromatic amines is 1. The molecule has 136 valence electrons. The van der Waals surface area contributed by atoms with Gasteiger partial charge in [0.15, 0.2) is 11.9 Å². The predicted octanol–water partition coefficient (Wildman–Crippen LogP) is 0.349. The number of esters is 2. The summed E-state index contributed by atoms with van der Waals surface area (Å²) < 4.78 is 10.2. The van der Waals surface area contributed by atoms with E-state index < -0.39 is 35.0 Å². The van der Waals surface area contributed by atoms with E-state index in [2.05, 4.69) is 15.3 Å². The zero-order valence-corrected chi connectivity index (χ0v) is 14.2. The van der Waals surface area contributed by atoms with Crippen LogP contribution in [-0.2, 0) is 23.9 Å². The lowest BCUT2D eigenvalue weighted by atomic mass is 9.94. The maximum Gasteiger partial charge on any atom is 0.344 e. The van der Waals surface area contributed by atoms with E-state index in [1.54, 1.807) is 31.2 Å². The number of ether oxygens (including phenoxy) is 2. The fourth-order valence-electron chi connectivity index (χ4n) is 2.92. The normalized spacial score (nSPS) is 22.1. The molecule has 1 aromatic carbocycles. The third kappa shape index (κ3) is 2.92. The minimum absolute atomic E-state index is 0.0309. The van der Waals surface area contributed by atoms with Gasteiger partial charge < -0.3 is 19.8 Å². The number of fused-ring (bicyclic) bond motifs is 1. The van der Waals surface area contributed by atoms with Gasteiger partial charge in [-0.05, 0) is 19.1 Å². The fraction of sp³-hybridized carbons (Fsp3) is 0.353. The van der Waals surface area contributed by atoms with E-state index in [1.807, 2.05) is 0 Å². The molecule has 9 nitrogen and oxygen atoms in total. The molecule has 1 aliphatic heterocycles. The van der Waals surface area contributed by atoms with Gasteiger partial charge in [0.1, 0.15) is 0 Å². The smallest absolute Gasteiger partial charge is 0.344 e. The van der Waals surface area contributed by atoms with Gasteiger partial charge in [0.05, 0.1) is 17.5 Å². The summed E-state index contributed by atoms with van der Waals surface area (Å²) in [5.74, 6) is -2.35. The number of carbonyl (C=O) groups excluding carboxylic acids is 3. The van der Waals surface area contributed by atoms with E-state index in [0.717, 1.165) is 0 Å². The van der Waals surface area contributed by atoms with Gasteiger partial charge >= 0.3 is 11.9 Å². The van der Waals surface area contributed by atoms with E-state index in [0.29, 0.717) is 10.9 Å². The van der Waals surface area contributed by atoms with Crippen molar-refractivity contribution in [1.82, 2.24) is 15.3 Å². The van der Waals surface area contributed by atoms with Crippen molar-refractivity contribution in [2.24, 2.45) is 0 Å². The number of hydrogen-bond acceptors (Lipinski definition) is 7. The molecule has 0 radical (unpaired) electrons. The summed E-state index contributed by atoms with van der Waals surface area (Å²) in [6.45, 7) is 2.79. The van der Waals surface area contributed by atoms with Crippen molar-refractivity contribution in [3.63, 3.8) is 0 Å². The first-order valence-corrected chi connectivity index (χ1v) is 8.03. The first-order chi connectivity index (χ1) is 12.4. The van der Waals surface area contributed by atoms with Crippen LogP contribution in [0.2, 0.25) is 0 Å². The lowest BCUT2D eigenvalue weighted by Crippen LogP contribution is -2.58. The first kappa shape index (κ1) is 17.6. The molecule has 1 aromatic heterocycles. The molecule has 1 saturated heterocycles. The van der Waals surface area contributed by atoms with E-state index in [-0.39, 0.29) is 18.9 Å². The summed E-state index contributed by atoms with van der Waals surface area (Å²) in [5, 5.41) is 2.72. The number of para-hydroxylation sites is 1. The average molecular weight is 359 g/mol. The average Bonchev–Trinajstić information content (AvgIpc) is 2.92. The van der Waals surface area contributed by atoms with Crippen molar-refractivity contribution < 1.29 is 23.9 Å². The van der Waals surface area contributed by atoms with E-state index in [1.165, 1.54) is 6.92 Å². The molecule has 9 heteroatoms. The van der Waals surface area contributed by atoms with Gasteiger partial charge in [-0.3, -0.25) is 9.59 Å². The quantitative estimate of drug-likeness (QED) is 0.595. The third-order valence-corrected chi connectivity index (χ3v) is 4.04. The highest BCUT2D eigenvalue weighted by Gasteiger charge is 2.58. The van der Waals surface area contributed by atoms with Crippen molar-refractivity contribution in [1.29, 1.82) is 0 Å². The molecule has 1 fully saturated rings. The molecule has 26 heavy (non-hydrogen) atoms. The molecule has 2 N–H and O–H groups in total. The standard InChI is InChI=1S/C17H17N3O6/c1-3-25-15(23)17(20-9(2)21)8-12(26-16(17)24)13-18-11-7-5-4-6-10(11)14(22)19-13/h4-7,12H,3,8H2,1-2H3,(H,20,21)(H,18,19,22). The lowest BCUT2D eigenvalue weighted by Gasteiger charge is -2.22. The monoisotopic (exact) mass is 359 g/mol. The van der Waals surface area contributed by atoms with Gasteiger partial charge in [0.2, 0.25) is 11.4 Å². The van der Waals surface area contributed by atoms with Crippen LogP contribution in [-0.4, -0.2) is 40.0 Å². The zero-order chi connectivity index (χ0) is 18.9. The lowest BCUT2D eigenvalue weighted by molar-refractivity contribution is -0.162. The minimum atomic E-state index is -1.96. The number of nitrogens with zero attached hydrogens (tertiary/aromatic N) is 1. The van der Waals surface area contributed by atoms with Crippen LogP contribution in [0.5, 0.6) is 0 Å². The molecule has 0 saturated carbocycles. The molecular weight excluding hydrogens is 342 g/mol. The van der Waals surface area contributed by atoms with Gasteiger partial charge in [-0.2, -0.15) is 0 Å². The van der Waals surface area contributed by atoms with Gasteiger partial charge in [-0.1, -0.05) is 12.1 Å². The largest absolute Gasteiger partial charge is 0.464 e. The second-order valence-corrected chi connectivity index (χ2v) is 5.87. The molecule has 0 bridgehead atoms. The van der Waals surface area contributed by atoms with Gasteiger partial charge in [0.25, 0.3) is 5.56 Å². The Bertz CT molecular complexity index is 953. The minimum Gasteiger partial charge on any atom is -0.464 e. The van der Waals surface area contributed by atoms with Crippen LogP contribution in [0.4, 0.5) is 0 Å². The van der Waals surface area contributed by atoms with Gasteiger partial charge in [-0.25, -0.2) is 14.6 Å². The molecule has 1 amide bonds. The summed E-state index contributed by atoms with van der Waals surface area (Å²) in [6, 6.07) is 6.69. The summed E-state index contributed by atoms with van der Waals surface area (Å²) in [7, 11) is 0. The number of hydrogen-bond donors (Lipinski definition) is 2. The molecule has 1 aliphatic rings.